The van der Waals surface area contributed by atoms with Crippen LogP contribution >= 0.6 is 22.7 Å². The molecule has 0 unspecified atom stereocenters. The van der Waals surface area contributed by atoms with E-state index in [1.165, 1.54) is 22.7 Å². The number of rotatable bonds is 7. The molecule has 1 amide bonds. The molecule has 29 heavy (non-hydrogen) atoms. The van der Waals surface area contributed by atoms with Crippen molar-refractivity contribution in [2.75, 3.05) is 19.8 Å². The molecular weight excluding hydrogens is 410 g/mol. The predicted octanol–water partition coefficient (Wildman–Crippen LogP) is 3.73. The molecule has 2 aromatic heterocycles. The lowest BCUT2D eigenvalue weighted by atomic mass is 10.2. The smallest absolute Gasteiger partial charge is 0.338 e. The van der Waals surface area contributed by atoms with Crippen molar-refractivity contribution in [1.29, 1.82) is 0 Å². The van der Waals surface area contributed by atoms with Crippen molar-refractivity contribution in [2.24, 2.45) is 4.99 Å². The molecule has 0 saturated heterocycles. The molecule has 2 heterocycles. The van der Waals surface area contributed by atoms with E-state index >= 15 is 0 Å². The molecule has 3 rings (SSSR count). The van der Waals surface area contributed by atoms with E-state index in [-0.39, 0.29) is 11.9 Å². The first-order valence-corrected chi connectivity index (χ1v) is 11.0. The molecule has 0 spiro atoms. The molecular formula is C20H23N3O4S2. The minimum absolute atomic E-state index is 0.310. The van der Waals surface area contributed by atoms with Gasteiger partial charge in [-0.2, -0.15) is 4.99 Å². The highest BCUT2D eigenvalue weighted by Crippen LogP contribution is 2.21. The number of aryl methyl sites for hydroxylation is 2. The number of aromatic nitrogens is 2. The molecule has 0 saturated carbocycles. The first-order chi connectivity index (χ1) is 13.9. The summed E-state index contributed by atoms with van der Waals surface area (Å²) in [6.07, 6.45) is 0. The Kier molecular flexibility index (Phi) is 6.94. The third-order valence-corrected chi connectivity index (χ3v) is 6.25. The van der Waals surface area contributed by atoms with Crippen LogP contribution in [0.15, 0.2) is 23.2 Å². The number of benzene rings is 1. The fourth-order valence-corrected chi connectivity index (χ4v) is 4.78. The van der Waals surface area contributed by atoms with Crippen molar-refractivity contribution in [2.45, 2.75) is 34.2 Å². The second-order valence-electron chi connectivity index (χ2n) is 6.20. The van der Waals surface area contributed by atoms with Gasteiger partial charge in [0, 0.05) is 13.2 Å². The Hall–Kier alpha value is -2.36. The van der Waals surface area contributed by atoms with Crippen LogP contribution in [0.3, 0.4) is 0 Å². The SMILES string of the molecule is CCOCCn1c(=NC(=O)c2sc(C)nc2C)sc2cc(C(=O)OCC)ccc21. The lowest BCUT2D eigenvalue weighted by Crippen LogP contribution is -2.19. The van der Waals surface area contributed by atoms with Gasteiger partial charge in [-0.25, -0.2) is 9.78 Å². The molecule has 9 heteroatoms. The molecule has 154 valence electrons. The summed E-state index contributed by atoms with van der Waals surface area (Å²) in [6.45, 7) is 9.37. The number of esters is 1. The van der Waals surface area contributed by atoms with Crippen LogP contribution in [0.5, 0.6) is 0 Å². The molecule has 0 radical (unpaired) electrons. The fraction of sp³-hybridized carbons (Fsp3) is 0.400. The number of ether oxygens (including phenoxy) is 2. The van der Waals surface area contributed by atoms with Gasteiger partial charge in [0.15, 0.2) is 4.80 Å². The molecule has 0 fully saturated rings. The molecule has 0 N–H and O–H groups in total. The number of carbonyl (C=O) groups is 2. The Morgan fingerprint density at radius 3 is 2.62 bits per heavy atom. The monoisotopic (exact) mass is 433 g/mol. The van der Waals surface area contributed by atoms with Crippen molar-refractivity contribution in [3.63, 3.8) is 0 Å². The molecule has 1 aromatic carbocycles. The minimum atomic E-state index is -0.367. The zero-order valence-electron chi connectivity index (χ0n) is 16.9. The maximum atomic E-state index is 12.8. The summed E-state index contributed by atoms with van der Waals surface area (Å²) < 4.78 is 13.4. The Morgan fingerprint density at radius 2 is 1.97 bits per heavy atom. The molecule has 0 atom stereocenters. The summed E-state index contributed by atoms with van der Waals surface area (Å²) in [4.78, 5) is 34.6. The van der Waals surface area contributed by atoms with E-state index in [1.54, 1.807) is 19.1 Å². The Morgan fingerprint density at radius 1 is 1.17 bits per heavy atom. The maximum absolute atomic E-state index is 12.8. The number of fused-ring (bicyclic) bond motifs is 1. The normalized spacial score (nSPS) is 11.9. The largest absolute Gasteiger partial charge is 0.462 e. The molecule has 0 aliphatic heterocycles. The van der Waals surface area contributed by atoms with E-state index in [4.69, 9.17) is 9.47 Å². The summed E-state index contributed by atoms with van der Waals surface area (Å²) in [7, 11) is 0. The number of nitrogens with zero attached hydrogens (tertiary/aromatic N) is 3. The predicted molar refractivity (Wildman–Crippen MR) is 114 cm³/mol. The van der Waals surface area contributed by atoms with Crippen molar-refractivity contribution in [3.05, 3.63) is 44.1 Å². The molecule has 7 nitrogen and oxygen atoms in total. The quantitative estimate of drug-likeness (QED) is 0.419. The fourth-order valence-electron chi connectivity index (χ4n) is 2.88. The van der Waals surface area contributed by atoms with Crippen LogP contribution in [-0.4, -0.2) is 41.2 Å². The van der Waals surface area contributed by atoms with E-state index < -0.39 is 0 Å². The van der Waals surface area contributed by atoms with Crippen LogP contribution < -0.4 is 4.80 Å². The van der Waals surface area contributed by atoms with Gasteiger partial charge >= 0.3 is 5.97 Å². The Bertz CT molecular complexity index is 1110. The van der Waals surface area contributed by atoms with Gasteiger partial charge in [-0.15, -0.1) is 11.3 Å². The first kappa shape index (κ1) is 21.4. The van der Waals surface area contributed by atoms with E-state index in [2.05, 4.69) is 9.98 Å². The number of hydrogen-bond acceptors (Lipinski definition) is 7. The molecule has 3 aromatic rings. The summed E-state index contributed by atoms with van der Waals surface area (Å²) in [5.74, 6) is -0.676. The number of carbonyl (C=O) groups excluding carboxylic acids is 2. The molecule has 0 bridgehead atoms. The van der Waals surface area contributed by atoms with E-state index in [1.807, 2.05) is 31.4 Å². The van der Waals surface area contributed by atoms with Crippen LogP contribution in [0.4, 0.5) is 0 Å². The molecule has 0 aliphatic carbocycles. The summed E-state index contributed by atoms with van der Waals surface area (Å²) in [5, 5.41) is 0.834. The van der Waals surface area contributed by atoms with Crippen molar-refractivity contribution in [3.8, 4) is 0 Å². The third kappa shape index (κ3) is 4.80. The van der Waals surface area contributed by atoms with Crippen LogP contribution in [0, 0.1) is 13.8 Å². The van der Waals surface area contributed by atoms with Crippen molar-refractivity contribution >= 4 is 44.8 Å². The van der Waals surface area contributed by atoms with E-state index in [9.17, 15) is 9.59 Å². The zero-order chi connectivity index (χ0) is 21.0. The highest BCUT2D eigenvalue weighted by molar-refractivity contribution is 7.16. The Balaban J connectivity index is 2.07. The van der Waals surface area contributed by atoms with Crippen LogP contribution in [0.2, 0.25) is 0 Å². The average Bonchev–Trinajstić information content (AvgIpc) is 3.20. The van der Waals surface area contributed by atoms with Gasteiger partial charge in [-0.3, -0.25) is 4.79 Å². The number of hydrogen-bond donors (Lipinski definition) is 0. The summed E-state index contributed by atoms with van der Waals surface area (Å²) in [5.41, 5.74) is 2.06. The second kappa shape index (κ2) is 9.43. The van der Waals surface area contributed by atoms with Crippen LogP contribution in [0.1, 0.15) is 44.6 Å². The summed E-state index contributed by atoms with van der Waals surface area (Å²) in [6, 6.07) is 5.36. The lowest BCUT2D eigenvalue weighted by molar-refractivity contribution is 0.0526. The van der Waals surface area contributed by atoms with Gasteiger partial charge in [0.05, 0.1) is 39.7 Å². The minimum Gasteiger partial charge on any atom is -0.462 e. The van der Waals surface area contributed by atoms with Gasteiger partial charge < -0.3 is 14.0 Å². The van der Waals surface area contributed by atoms with Crippen molar-refractivity contribution in [1.82, 2.24) is 9.55 Å². The second-order valence-corrected chi connectivity index (χ2v) is 8.41. The van der Waals surface area contributed by atoms with Gasteiger partial charge in [0.25, 0.3) is 5.91 Å². The van der Waals surface area contributed by atoms with Crippen molar-refractivity contribution < 1.29 is 19.1 Å². The number of thiazole rings is 2. The highest BCUT2D eigenvalue weighted by atomic mass is 32.1. The topological polar surface area (TPSA) is 82.8 Å². The van der Waals surface area contributed by atoms with Gasteiger partial charge in [0.1, 0.15) is 4.88 Å². The van der Waals surface area contributed by atoms with Gasteiger partial charge in [-0.1, -0.05) is 11.3 Å². The summed E-state index contributed by atoms with van der Waals surface area (Å²) >= 11 is 2.71. The first-order valence-electron chi connectivity index (χ1n) is 9.36. The van der Waals surface area contributed by atoms with Gasteiger partial charge in [0.2, 0.25) is 0 Å². The highest BCUT2D eigenvalue weighted by Gasteiger charge is 2.16. The third-order valence-electron chi connectivity index (χ3n) is 4.15. The van der Waals surface area contributed by atoms with Crippen LogP contribution in [-0.2, 0) is 16.0 Å². The van der Waals surface area contributed by atoms with Gasteiger partial charge in [-0.05, 0) is 45.9 Å². The average molecular weight is 434 g/mol. The maximum Gasteiger partial charge on any atom is 0.338 e. The lowest BCUT2D eigenvalue weighted by Gasteiger charge is -2.06. The zero-order valence-corrected chi connectivity index (χ0v) is 18.5. The number of amides is 1. The standard InChI is InChI=1S/C20H23N3O4S2/c1-5-26-10-9-23-15-8-7-14(19(25)27-6-2)11-16(15)29-20(23)22-18(24)17-12(3)21-13(4)28-17/h7-8,11H,5-6,9-10H2,1-4H3. The molecule has 0 aliphatic rings. The Labute approximate surface area is 176 Å². The van der Waals surface area contributed by atoms with E-state index in [0.717, 1.165) is 15.2 Å². The van der Waals surface area contributed by atoms with E-state index in [0.29, 0.717) is 47.3 Å². The van der Waals surface area contributed by atoms with Crippen LogP contribution in [0.25, 0.3) is 10.2 Å².